The maximum Gasteiger partial charge on any atom is 0.225 e. The zero-order chi connectivity index (χ0) is 18.1. The van der Waals surface area contributed by atoms with E-state index >= 15 is 0 Å². The molecule has 0 spiro atoms. The molecule has 2 heterocycles. The molecule has 0 bridgehead atoms. The Morgan fingerprint density at radius 3 is 2.54 bits per heavy atom. The van der Waals surface area contributed by atoms with Gasteiger partial charge in [0, 0.05) is 43.4 Å². The predicted octanol–water partition coefficient (Wildman–Crippen LogP) is 1.89. The highest BCUT2D eigenvalue weighted by atomic mass is 16.5. The number of methoxy groups -OCH3 is 1. The molecule has 6 heteroatoms. The van der Waals surface area contributed by atoms with Crippen LogP contribution in [0.1, 0.15) is 50.1 Å². The average Bonchev–Trinajstić information content (AvgIpc) is 3.49. The third-order valence-corrected chi connectivity index (χ3v) is 6.10. The van der Waals surface area contributed by atoms with E-state index in [4.69, 9.17) is 4.74 Å². The first-order valence-electron chi connectivity index (χ1n) is 9.87. The fourth-order valence-corrected chi connectivity index (χ4v) is 4.21. The van der Waals surface area contributed by atoms with E-state index in [1.165, 1.54) is 0 Å². The number of carbonyl (C=O) groups is 1. The summed E-state index contributed by atoms with van der Waals surface area (Å²) in [6.07, 6.45) is 7.52. The lowest BCUT2D eigenvalue weighted by Gasteiger charge is -2.41. The number of nitrogens with zero attached hydrogens (tertiary/aromatic N) is 2. The van der Waals surface area contributed by atoms with E-state index < -0.39 is 0 Å². The summed E-state index contributed by atoms with van der Waals surface area (Å²) in [7, 11) is 1.62. The third-order valence-electron chi connectivity index (χ3n) is 6.10. The van der Waals surface area contributed by atoms with Gasteiger partial charge in [0.25, 0.3) is 0 Å². The van der Waals surface area contributed by atoms with Crippen molar-refractivity contribution in [1.82, 2.24) is 15.2 Å². The molecular formula is C20H29N3O3. The lowest BCUT2D eigenvalue weighted by molar-refractivity contribution is -0.133. The Morgan fingerprint density at radius 1 is 1.27 bits per heavy atom. The molecular weight excluding hydrogens is 330 g/mol. The Morgan fingerprint density at radius 2 is 2.00 bits per heavy atom. The molecule has 0 aromatic carbocycles. The van der Waals surface area contributed by atoms with Gasteiger partial charge in [0.05, 0.1) is 13.2 Å². The number of likely N-dealkylation sites (tertiary alicyclic amines) is 1. The van der Waals surface area contributed by atoms with Crippen molar-refractivity contribution in [3.05, 3.63) is 23.9 Å². The normalized spacial score (nSPS) is 27.7. The molecule has 0 radical (unpaired) electrons. The van der Waals surface area contributed by atoms with Crippen LogP contribution >= 0.6 is 0 Å². The summed E-state index contributed by atoms with van der Waals surface area (Å²) in [5.74, 6) is 1.73. The topological polar surface area (TPSA) is 74.7 Å². The van der Waals surface area contributed by atoms with E-state index in [1.54, 1.807) is 7.11 Å². The van der Waals surface area contributed by atoms with Crippen LogP contribution in [0.3, 0.4) is 0 Å². The van der Waals surface area contributed by atoms with E-state index in [-0.39, 0.29) is 12.1 Å². The minimum atomic E-state index is -0.173. The highest BCUT2D eigenvalue weighted by Crippen LogP contribution is 2.39. The highest BCUT2D eigenvalue weighted by molar-refractivity contribution is 5.81. The molecule has 142 valence electrons. The summed E-state index contributed by atoms with van der Waals surface area (Å²) < 4.78 is 5.17. The number of carbonyl (C=O) groups excluding carboxylic acids is 1. The number of ether oxygens (including phenoxy) is 1. The molecule has 2 N–H and O–H groups in total. The molecule has 3 aliphatic rings. The number of rotatable bonds is 6. The number of aliphatic hydroxyl groups excluding tert-OH is 1. The minimum absolute atomic E-state index is 0.173. The SMILES string of the molecule is COc1ccc(C(NC2CCN(C(=O)C3CC3)CC2)C2CC(O)C2)cn1. The number of amides is 1. The Kier molecular flexibility index (Phi) is 5.14. The van der Waals surface area contributed by atoms with Crippen molar-refractivity contribution in [2.24, 2.45) is 11.8 Å². The standard InChI is InChI=1S/C20H29N3O3/c1-26-18-5-4-14(12-21-18)19(15-10-17(24)11-15)22-16-6-8-23(9-7-16)20(25)13-2-3-13/h4-5,12-13,15-17,19,22,24H,2-3,6-11H2,1H3. The molecule has 2 aliphatic carbocycles. The van der Waals surface area contributed by atoms with Gasteiger partial charge in [0.2, 0.25) is 11.8 Å². The van der Waals surface area contributed by atoms with Crippen LogP contribution in [-0.4, -0.2) is 53.2 Å². The summed E-state index contributed by atoms with van der Waals surface area (Å²) >= 11 is 0. The van der Waals surface area contributed by atoms with Gasteiger partial charge in [-0.25, -0.2) is 4.98 Å². The van der Waals surface area contributed by atoms with Crippen molar-refractivity contribution in [2.75, 3.05) is 20.2 Å². The van der Waals surface area contributed by atoms with Gasteiger partial charge in [0.1, 0.15) is 0 Å². The molecule has 26 heavy (non-hydrogen) atoms. The van der Waals surface area contributed by atoms with Crippen LogP contribution in [0, 0.1) is 11.8 Å². The first kappa shape index (κ1) is 17.7. The predicted molar refractivity (Wildman–Crippen MR) is 97.7 cm³/mol. The number of piperidine rings is 1. The van der Waals surface area contributed by atoms with Crippen molar-refractivity contribution < 1.29 is 14.6 Å². The number of aromatic nitrogens is 1. The molecule has 1 atom stereocenters. The monoisotopic (exact) mass is 359 g/mol. The van der Waals surface area contributed by atoms with Crippen molar-refractivity contribution in [1.29, 1.82) is 0 Å². The van der Waals surface area contributed by atoms with Crippen molar-refractivity contribution >= 4 is 5.91 Å². The van der Waals surface area contributed by atoms with Crippen LogP contribution in [-0.2, 0) is 4.79 Å². The Hall–Kier alpha value is -1.66. The van der Waals surface area contributed by atoms with Crippen LogP contribution in [0.15, 0.2) is 18.3 Å². The summed E-state index contributed by atoms with van der Waals surface area (Å²) in [4.78, 5) is 18.6. The van der Waals surface area contributed by atoms with Crippen molar-refractivity contribution in [3.8, 4) is 5.88 Å². The number of pyridine rings is 1. The van der Waals surface area contributed by atoms with Gasteiger partial charge in [-0.15, -0.1) is 0 Å². The van der Waals surface area contributed by atoms with Crippen molar-refractivity contribution in [3.63, 3.8) is 0 Å². The maximum atomic E-state index is 12.2. The van der Waals surface area contributed by atoms with E-state index in [0.29, 0.717) is 29.7 Å². The van der Waals surface area contributed by atoms with Gasteiger partial charge in [-0.1, -0.05) is 6.07 Å². The third kappa shape index (κ3) is 3.86. The quantitative estimate of drug-likeness (QED) is 0.811. The lowest BCUT2D eigenvalue weighted by atomic mass is 9.75. The lowest BCUT2D eigenvalue weighted by Crippen LogP contribution is -2.49. The maximum absolute atomic E-state index is 12.2. The fourth-order valence-electron chi connectivity index (χ4n) is 4.21. The molecule has 1 unspecified atom stereocenters. The molecule has 1 aromatic rings. The van der Waals surface area contributed by atoms with Gasteiger partial charge in [0.15, 0.2) is 0 Å². The number of nitrogens with one attached hydrogen (secondary N) is 1. The molecule has 4 rings (SSSR count). The van der Waals surface area contributed by atoms with Crippen LogP contribution < -0.4 is 10.1 Å². The Bertz CT molecular complexity index is 618. The highest BCUT2D eigenvalue weighted by Gasteiger charge is 2.38. The zero-order valence-corrected chi connectivity index (χ0v) is 15.4. The molecule has 1 saturated heterocycles. The van der Waals surface area contributed by atoms with Gasteiger partial charge in [-0.2, -0.15) is 0 Å². The molecule has 1 aromatic heterocycles. The first-order chi connectivity index (χ1) is 12.6. The largest absolute Gasteiger partial charge is 0.481 e. The summed E-state index contributed by atoms with van der Waals surface area (Å²) in [5, 5.41) is 13.6. The average molecular weight is 359 g/mol. The number of aliphatic hydroxyl groups is 1. The number of hydrogen-bond acceptors (Lipinski definition) is 5. The Labute approximate surface area is 154 Å². The second-order valence-electron chi connectivity index (χ2n) is 8.04. The van der Waals surface area contributed by atoms with Crippen LogP contribution in [0.25, 0.3) is 0 Å². The van der Waals surface area contributed by atoms with E-state index in [9.17, 15) is 9.90 Å². The first-order valence-corrected chi connectivity index (χ1v) is 9.87. The molecule has 1 aliphatic heterocycles. The Balaban J connectivity index is 1.38. The zero-order valence-electron chi connectivity index (χ0n) is 15.4. The smallest absolute Gasteiger partial charge is 0.225 e. The molecule has 1 amide bonds. The van der Waals surface area contributed by atoms with Gasteiger partial charge >= 0.3 is 0 Å². The number of hydrogen-bond donors (Lipinski definition) is 2. The summed E-state index contributed by atoms with van der Waals surface area (Å²) in [6.45, 7) is 1.71. The second-order valence-corrected chi connectivity index (χ2v) is 8.04. The van der Waals surface area contributed by atoms with Gasteiger partial charge < -0.3 is 20.1 Å². The fraction of sp³-hybridized carbons (Fsp3) is 0.700. The molecule has 3 fully saturated rings. The summed E-state index contributed by atoms with van der Waals surface area (Å²) in [6, 6.07) is 4.58. The van der Waals surface area contributed by atoms with Crippen LogP contribution in [0.2, 0.25) is 0 Å². The van der Waals surface area contributed by atoms with Crippen LogP contribution in [0.4, 0.5) is 0 Å². The van der Waals surface area contributed by atoms with E-state index in [2.05, 4.69) is 16.4 Å². The molecule has 2 saturated carbocycles. The second kappa shape index (κ2) is 7.53. The summed E-state index contributed by atoms with van der Waals surface area (Å²) in [5.41, 5.74) is 1.15. The minimum Gasteiger partial charge on any atom is -0.481 e. The van der Waals surface area contributed by atoms with E-state index in [0.717, 1.165) is 57.2 Å². The van der Waals surface area contributed by atoms with E-state index in [1.807, 2.05) is 17.2 Å². The van der Waals surface area contributed by atoms with Crippen molar-refractivity contribution in [2.45, 2.75) is 56.7 Å². The van der Waals surface area contributed by atoms with Gasteiger partial charge in [-0.3, -0.25) is 4.79 Å². The molecule has 6 nitrogen and oxygen atoms in total. The van der Waals surface area contributed by atoms with Crippen LogP contribution in [0.5, 0.6) is 5.88 Å². The van der Waals surface area contributed by atoms with Gasteiger partial charge in [-0.05, 0) is 50.0 Å².